The Morgan fingerprint density at radius 2 is 2.11 bits per heavy atom. The van der Waals surface area contributed by atoms with Crippen molar-refractivity contribution in [2.24, 2.45) is 4.99 Å². The molecule has 7 nitrogen and oxygen atoms in total. The molecule has 2 fully saturated rings. The number of nitrogens with zero attached hydrogens (tertiary/aromatic N) is 4. The number of hydrogen-bond acceptors (Lipinski definition) is 5. The Bertz CT molecular complexity index is 620. The van der Waals surface area contributed by atoms with Crippen LogP contribution in [0.2, 0.25) is 0 Å². The summed E-state index contributed by atoms with van der Waals surface area (Å²) in [5.74, 6) is 1.06. The number of ether oxygens (including phenoxy) is 1. The number of guanidine groups is 1. The van der Waals surface area contributed by atoms with Crippen molar-refractivity contribution in [1.82, 2.24) is 20.0 Å². The van der Waals surface area contributed by atoms with Crippen LogP contribution in [0, 0.1) is 0 Å². The molecule has 3 rings (SSSR count). The van der Waals surface area contributed by atoms with E-state index in [1.165, 1.54) is 4.88 Å². The van der Waals surface area contributed by atoms with Crippen LogP contribution in [0.3, 0.4) is 0 Å². The van der Waals surface area contributed by atoms with Gasteiger partial charge in [-0.05, 0) is 38.4 Å². The Balaban J connectivity index is 1.50. The molecule has 1 N–H and O–H groups in total. The topological polar surface area (TPSA) is 60.4 Å². The SMILES string of the molecule is CN=C(NCC(c1cccs1)N(C)C)N1CCN(C(=O)C2CCCO2)CC1. The third-order valence-corrected chi connectivity index (χ3v) is 6.23. The van der Waals surface area contributed by atoms with Gasteiger partial charge in [0.1, 0.15) is 6.10 Å². The molecule has 2 aliphatic heterocycles. The molecule has 1 amide bonds. The molecule has 2 aliphatic rings. The van der Waals surface area contributed by atoms with E-state index in [2.05, 4.69) is 51.7 Å². The Hall–Kier alpha value is -1.64. The largest absolute Gasteiger partial charge is 0.368 e. The third-order valence-electron chi connectivity index (χ3n) is 5.26. The number of aliphatic imine (C=N–C) groups is 1. The highest BCUT2D eigenvalue weighted by atomic mass is 32.1. The Morgan fingerprint density at radius 1 is 1.37 bits per heavy atom. The molecule has 2 unspecified atom stereocenters. The van der Waals surface area contributed by atoms with E-state index in [0.717, 1.165) is 51.5 Å². The third kappa shape index (κ3) is 5.00. The molecule has 3 heterocycles. The van der Waals surface area contributed by atoms with Crippen LogP contribution in [-0.2, 0) is 9.53 Å². The number of carbonyl (C=O) groups excluding carboxylic acids is 1. The molecule has 0 saturated carbocycles. The molecule has 0 aliphatic carbocycles. The highest BCUT2D eigenvalue weighted by molar-refractivity contribution is 7.10. The van der Waals surface area contributed by atoms with Crippen molar-refractivity contribution in [1.29, 1.82) is 0 Å². The zero-order chi connectivity index (χ0) is 19.2. The number of carbonyl (C=O) groups is 1. The lowest BCUT2D eigenvalue weighted by Crippen LogP contribution is -2.55. The molecule has 8 heteroatoms. The normalized spacial score (nSPS) is 22.4. The van der Waals surface area contributed by atoms with Crippen molar-refractivity contribution in [3.63, 3.8) is 0 Å². The fraction of sp³-hybridized carbons (Fsp3) is 0.684. The van der Waals surface area contributed by atoms with Crippen molar-refractivity contribution < 1.29 is 9.53 Å². The molecule has 0 aromatic carbocycles. The smallest absolute Gasteiger partial charge is 0.251 e. The first-order chi connectivity index (χ1) is 13.1. The molecule has 1 aromatic rings. The van der Waals surface area contributed by atoms with Crippen LogP contribution < -0.4 is 5.32 Å². The number of likely N-dealkylation sites (N-methyl/N-ethyl adjacent to an activating group) is 1. The van der Waals surface area contributed by atoms with Crippen LogP contribution in [0.25, 0.3) is 0 Å². The first-order valence-corrected chi connectivity index (χ1v) is 10.5. The summed E-state index contributed by atoms with van der Waals surface area (Å²) in [5.41, 5.74) is 0. The van der Waals surface area contributed by atoms with Crippen molar-refractivity contribution in [3.05, 3.63) is 22.4 Å². The number of rotatable bonds is 5. The van der Waals surface area contributed by atoms with E-state index in [1.807, 2.05) is 11.9 Å². The molecule has 0 radical (unpaired) electrons. The second kappa shape index (κ2) is 9.52. The van der Waals surface area contributed by atoms with Crippen molar-refractivity contribution in [3.8, 4) is 0 Å². The van der Waals surface area contributed by atoms with Gasteiger partial charge in [0.15, 0.2) is 5.96 Å². The summed E-state index contributed by atoms with van der Waals surface area (Å²) in [5, 5.41) is 5.64. The van der Waals surface area contributed by atoms with E-state index < -0.39 is 0 Å². The molecular weight excluding hydrogens is 362 g/mol. The van der Waals surface area contributed by atoms with Crippen LogP contribution in [0.1, 0.15) is 23.8 Å². The highest BCUT2D eigenvalue weighted by Gasteiger charge is 2.31. The number of nitrogens with one attached hydrogen (secondary N) is 1. The first kappa shape index (κ1) is 20.1. The molecule has 1 aromatic heterocycles. The van der Waals surface area contributed by atoms with Gasteiger partial charge in [-0.1, -0.05) is 6.07 Å². The van der Waals surface area contributed by atoms with E-state index >= 15 is 0 Å². The summed E-state index contributed by atoms with van der Waals surface area (Å²) in [4.78, 5) is 24.7. The Labute approximate surface area is 166 Å². The van der Waals surface area contributed by atoms with Crippen LogP contribution in [0.15, 0.2) is 22.5 Å². The van der Waals surface area contributed by atoms with Crippen molar-refractivity contribution in [2.75, 3.05) is 60.5 Å². The molecule has 0 bridgehead atoms. The predicted molar refractivity (Wildman–Crippen MR) is 109 cm³/mol. The minimum Gasteiger partial charge on any atom is -0.368 e. The van der Waals surface area contributed by atoms with Gasteiger partial charge >= 0.3 is 0 Å². The predicted octanol–water partition coefficient (Wildman–Crippen LogP) is 1.25. The summed E-state index contributed by atoms with van der Waals surface area (Å²) in [6, 6.07) is 4.58. The van der Waals surface area contributed by atoms with Gasteiger partial charge in [-0.2, -0.15) is 0 Å². The summed E-state index contributed by atoms with van der Waals surface area (Å²) in [6.45, 7) is 4.55. The highest BCUT2D eigenvalue weighted by Crippen LogP contribution is 2.22. The number of hydrogen-bond donors (Lipinski definition) is 1. The Morgan fingerprint density at radius 3 is 2.67 bits per heavy atom. The zero-order valence-corrected chi connectivity index (χ0v) is 17.4. The van der Waals surface area contributed by atoms with E-state index in [1.54, 1.807) is 11.3 Å². The molecule has 2 atom stereocenters. The standard InChI is InChI=1S/C19H31N5O2S/c1-20-19(21-14-15(22(2)3)17-7-5-13-27-17)24-10-8-23(9-11-24)18(25)16-6-4-12-26-16/h5,7,13,15-16H,4,6,8-12,14H2,1-3H3,(H,20,21). The maximum atomic E-state index is 12.5. The lowest BCUT2D eigenvalue weighted by molar-refractivity contribution is -0.142. The maximum Gasteiger partial charge on any atom is 0.251 e. The lowest BCUT2D eigenvalue weighted by atomic mass is 10.2. The summed E-state index contributed by atoms with van der Waals surface area (Å²) >= 11 is 1.78. The molecule has 27 heavy (non-hydrogen) atoms. The number of thiophene rings is 1. The summed E-state index contributed by atoms with van der Waals surface area (Å²) in [6.07, 6.45) is 1.63. The maximum absolute atomic E-state index is 12.5. The monoisotopic (exact) mass is 393 g/mol. The van der Waals surface area contributed by atoms with Gasteiger partial charge in [-0.15, -0.1) is 11.3 Å². The summed E-state index contributed by atoms with van der Waals surface area (Å²) in [7, 11) is 6.02. The molecule has 2 saturated heterocycles. The number of amides is 1. The van der Waals surface area contributed by atoms with Crippen LogP contribution >= 0.6 is 11.3 Å². The minimum absolute atomic E-state index is 0.153. The van der Waals surface area contributed by atoms with Crippen molar-refractivity contribution in [2.45, 2.75) is 25.0 Å². The van der Waals surface area contributed by atoms with Gasteiger partial charge in [0.2, 0.25) is 0 Å². The fourth-order valence-corrected chi connectivity index (χ4v) is 4.58. The molecular formula is C19H31N5O2S. The van der Waals surface area contributed by atoms with E-state index in [9.17, 15) is 4.79 Å². The van der Waals surface area contributed by atoms with E-state index in [4.69, 9.17) is 4.74 Å². The minimum atomic E-state index is -0.222. The van der Waals surface area contributed by atoms with E-state index in [0.29, 0.717) is 12.6 Å². The van der Waals surface area contributed by atoms with Gasteiger partial charge in [-0.25, -0.2) is 0 Å². The fourth-order valence-electron chi connectivity index (χ4n) is 3.65. The van der Waals surface area contributed by atoms with E-state index in [-0.39, 0.29) is 12.0 Å². The van der Waals surface area contributed by atoms with Crippen LogP contribution in [0.4, 0.5) is 0 Å². The number of piperazine rings is 1. The average molecular weight is 394 g/mol. The van der Waals surface area contributed by atoms with Gasteiger partial charge in [0, 0.05) is 51.3 Å². The molecule has 150 valence electrons. The molecule has 0 spiro atoms. The van der Waals surface area contributed by atoms with Crippen LogP contribution in [0.5, 0.6) is 0 Å². The first-order valence-electron chi connectivity index (χ1n) is 9.66. The second-order valence-corrected chi connectivity index (χ2v) is 8.22. The second-order valence-electron chi connectivity index (χ2n) is 7.24. The van der Waals surface area contributed by atoms with Gasteiger partial charge in [-0.3, -0.25) is 9.79 Å². The average Bonchev–Trinajstić information content (AvgIpc) is 3.38. The zero-order valence-electron chi connectivity index (χ0n) is 16.6. The van der Waals surface area contributed by atoms with Crippen molar-refractivity contribution >= 4 is 23.2 Å². The Kier molecular flexibility index (Phi) is 7.09. The van der Waals surface area contributed by atoms with Gasteiger partial charge < -0.3 is 24.8 Å². The summed E-state index contributed by atoms with van der Waals surface area (Å²) < 4.78 is 5.54. The van der Waals surface area contributed by atoms with Gasteiger partial charge in [0.25, 0.3) is 5.91 Å². The lowest BCUT2D eigenvalue weighted by Gasteiger charge is -2.37. The van der Waals surface area contributed by atoms with Gasteiger partial charge in [0.05, 0.1) is 6.04 Å². The quantitative estimate of drug-likeness (QED) is 0.603. The van der Waals surface area contributed by atoms with Crippen LogP contribution in [-0.4, -0.2) is 93.1 Å².